The highest BCUT2D eigenvalue weighted by Gasteiger charge is 2.21. The van der Waals surface area contributed by atoms with Crippen molar-refractivity contribution in [3.8, 4) is 22.7 Å². The first-order valence-corrected chi connectivity index (χ1v) is 9.01. The Hall–Kier alpha value is -4.07. The van der Waals surface area contributed by atoms with Crippen LogP contribution >= 0.6 is 0 Å². The fraction of sp³-hybridized carbons (Fsp3) is 0.0952. The van der Waals surface area contributed by atoms with Gasteiger partial charge in [-0.2, -0.15) is 4.98 Å². The Morgan fingerprint density at radius 3 is 2.28 bits per heavy atom. The quantitative estimate of drug-likeness (QED) is 0.502. The van der Waals surface area contributed by atoms with Crippen LogP contribution in [0.15, 0.2) is 70.4 Å². The van der Waals surface area contributed by atoms with Crippen LogP contribution in [0.4, 0.5) is 0 Å². The summed E-state index contributed by atoms with van der Waals surface area (Å²) in [5.74, 6) is 0.658. The summed E-state index contributed by atoms with van der Waals surface area (Å²) in [5, 5.41) is 9.69. The standard InChI is InChI=1S/C21H17N5O3/c1-23-18-17(19(28)24(2)21(23)29)25-12-16(13-6-4-3-5-7-13)26(20(25)22-18)14-8-10-15(27)11-9-14/h3-12,27H,1-2H3. The predicted octanol–water partition coefficient (Wildman–Crippen LogP) is 2.05. The van der Waals surface area contributed by atoms with E-state index in [1.807, 2.05) is 41.1 Å². The molecule has 1 N–H and O–H groups in total. The van der Waals surface area contributed by atoms with Crippen molar-refractivity contribution in [1.29, 1.82) is 0 Å². The van der Waals surface area contributed by atoms with E-state index in [2.05, 4.69) is 4.98 Å². The molecule has 0 radical (unpaired) electrons. The third-order valence-electron chi connectivity index (χ3n) is 5.14. The van der Waals surface area contributed by atoms with Crippen molar-refractivity contribution in [2.75, 3.05) is 0 Å². The summed E-state index contributed by atoms with van der Waals surface area (Å²) in [7, 11) is 3.05. The molecule has 0 spiro atoms. The fourth-order valence-corrected chi connectivity index (χ4v) is 3.64. The summed E-state index contributed by atoms with van der Waals surface area (Å²) in [6.07, 6.45) is 1.85. The first-order chi connectivity index (χ1) is 14.0. The molecule has 0 saturated carbocycles. The number of imidazole rings is 2. The van der Waals surface area contributed by atoms with Crippen molar-refractivity contribution in [3.05, 3.63) is 81.6 Å². The first kappa shape index (κ1) is 17.1. The number of rotatable bonds is 2. The molecule has 144 valence electrons. The number of phenolic OH excluding ortho intramolecular Hbond substituents is 1. The van der Waals surface area contributed by atoms with Gasteiger partial charge in [0.2, 0.25) is 5.78 Å². The van der Waals surface area contributed by atoms with Crippen molar-refractivity contribution in [2.45, 2.75) is 0 Å². The molecule has 8 heteroatoms. The van der Waals surface area contributed by atoms with Crippen molar-refractivity contribution in [1.82, 2.24) is 23.1 Å². The number of nitrogens with zero attached hydrogens (tertiary/aromatic N) is 5. The van der Waals surface area contributed by atoms with Crippen LogP contribution in [0.3, 0.4) is 0 Å². The summed E-state index contributed by atoms with van der Waals surface area (Å²) in [6.45, 7) is 0. The van der Waals surface area contributed by atoms with Gasteiger partial charge < -0.3 is 5.11 Å². The Kier molecular flexibility index (Phi) is 3.51. The average molecular weight is 387 g/mol. The average Bonchev–Trinajstić information content (AvgIpc) is 3.28. The number of phenols is 1. The second-order valence-corrected chi connectivity index (χ2v) is 6.89. The smallest absolute Gasteiger partial charge is 0.332 e. The minimum atomic E-state index is -0.428. The van der Waals surface area contributed by atoms with E-state index in [-0.39, 0.29) is 5.75 Å². The second kappa shape index (κ2) is 5.96. The molecular formula is C21H17N5O3. The molecule has 3 heterocycles. The Labute approximate surface area is 164 Å². The third-order valence-corrected chi connectivity index (χ3v) is 5.14. The van der Waals surface area contributed by atoms with E-state index < -0.39 is 11.2 Å². The maximum Gasteiger partial charge on any atom is 0.332 e. The second-order valence-electron chi connectivity index (χ2n) is 6.89. The van der Waals surface area contributed by atoms with Gasteiger partial charge >= 0.3 is 5.69 Å². The van der Waals surface area contributed by atoms with Gasteiger partial charge in [0, 0.05) is 31.5 Å². The molecular weight excluding hydrogens is 370 g/mol. The van der Waals surface area contributed by atoms with Crippen LogP contribution < -0.4 is 11.2 Å². The third kappa shape index (κ3) is 2.35. The Morgan fingerprint density at radius 2 is 1.59 bits per heavy atom. The van der Waals surface area contributed by atoms with Gasteiger partial charge in [-0.3, -0.25) is 22.9 Å². The molecule has 0 aliphatic rings. The molecule has 0 fully saturated rings. The Balaban J connectivity index is 1.97. The number of aryl methyl sites for hydroxylation is 1. The zero-order chi connectivity index (χ0) is 20.3. The van der Waals surface area contributed by atoms with E-state index in [4.69, 9.17) is 0 Å². The molecule has 0 aliphatic heterocycles. The molecule has 0 bridgehead atoms. The molecule has 0 amide bonds. The lowest BCUT2D eigenvalue weighted by Gasteiger charge is -2.09. The Bertz CT molecular complexity index is 1500. The van der Waals surface area contributed by atoms with E-state index in [0.717, 1.165) is 21.5 Å². The van der Waals surface area contributed by atoms with Crippen LogP contribution in [0.1, 0.15) is 0 Å². The van der Waals surface area contributed by atoms with Crippen molar-refractivity contribution in [2.24, 2.45) is 14.1 Å². The van der Waals surface area contributed by atoms with E-state index in [1.54, 1.807) is 35.7 Å². The summed E-state index contributed by atoms with van der Waals surface area (Å²) in [6, 6.07) is 16.5. The lowest BCUT2D eigenvalue weighted by Crippen LogP contribution is -2.37. The van der Waals surface area contributed by atoms with Crippen molar-refractivity contribution >= 4 is 16.9 Å². The van der Waals surface area contributed by atoms with Gasteiger partial charge in [0.15, 0.2) is 11.2 Å². The van der Waals surface area contributed by atoms with Crippen LogP contribution in [0, 0.1) is 0 Å². The van der Waals surface area contributed by atoms with Gasteiger partial charge in [-0.15, -0.1) is 0 Å². The molecule has 3 aromatic heterocycles. The van der Waals surface area contributed by atoms with Crippen LogP contribution in [-0.4, -0.2) is 28.2 Å². The highest BCUT2D eigenvalue weighted by Crippen LogP contribution is 2.29. The molecule has 2 aromatic carbocycles. The number of aromatic hydroxyl groups is 1. The fourth-order valence-electron chi connectivity index (χ4n) is 3.64. The monoisotopic (exact) mass is 387 g/mol. The van der Waals surface area contributed by atoms with Crippen LogP contribution in [-0.2, 0) is 14.1 Å². The minimum absolute atomic E-state index is 0.156. The molecule has 0 unspecified atom stereocenters. The molecule has 5 aromatic rings. The van der Waals surface area contributed by atoms with Crippen molar-refractivity contribution < 1.29 is 5.11 Å². The predicted molar refractivity (Wildman–Crippen MR) is 110 cm³/mol. The van der Waals surface area contributed by atoms with Crippen LogP contribution in [0.5, 0.6) is 5.75 Å². The van der Waals surface area contributed by atoms with Crippen LogP contribution in [0.2, 0.25) is 0 Å². The molecule has 0 saturated heterocycles. The molecule has 5 rings (SSSR count). The van der Waals surface area contributed by atoms with E-state index in [1.165, 1.54) is 11.6 Å². The number of aromatic nitrogens is 5. The van der Waals surface area contributed by atoms with E-state index in [0.29, 0.717) is 16.9 Å². The molecule has 8 nitrogen and oxygen atoms in total. The summed E-state index contributed by atoms with van der Waals surface area (Å²) < 4.78 is 6.06. The van der Waals surface area contributed by atoms with Gasteiger partial charge in [0.1, 0.15) is 5.75 Å². The summed E-state index contributed by atoms with van der Waals surface area (Å²) in [5.41, 5.74) is 2.37. The maximum absolute atomic E-state index is 12.9. The van der Waals surface area contributed by atoms with Crippen molar-refractivity contribution in [3.63, 3.8) is 0 Å². The Morgan fingerprint density at radius 1 is 0.897 bits per heavy atom. The number of benzene rings is 2. The highest BCUT2D eigenvalue weighted by atomic mass is 16.3. The lowest BCUT2D eigenvalue weighted by molar-refractivity contribution is 0.475. The number of fused-ring (bicyclic) bond motifs is 3. The van der Waals surface area contributed by atoms with Gasteiger partial charge in [-0.1, -0.05) is 30.3 Å². The maximum atomic E-state index is 12.9. The molecule has 29 heavy (non-hydrogen) atoms. The highest BCUT2D eigenvalue weighted by molar-refractivity contribution is 5.79. The SMILES string of the molecule is Cn1c(=O)c2c(nc3n(-c4ccc(O)cc4)c(-c4ccccc4)cn23)n(C)c1=O. The number of hydrogen-bond acceptors (Lipinski definition) is 4. The summed E-state index contributed by atoms with van der Waals surface area (Å²) >= 11 is 0. The lowest BCUT2D eigenvalue weighted by atomic mass is 10.1. The van der Waals surface area contributed by atoms with E-state index >= 15 is 0 Å². The minimum Gasteiger partial charge on any atom is -0.508 e. The van der Waals surface area contributed by atoms with Gasteiger partial charge in [0.05, 0.1) is 5.69 Å². The molecule has 0 atom stereocenters. The topological polar surface area (TPSA) is 86.5 Å². The summed E-state index contributed by atoms with van der Waals surface area (Å²) in [4.78, 5) is 29.8. The van der Waals surface area contributed by atoms with Gasteiger partial charge in [-0.05, 0) is 24.3 Å². The zero-order valence-corrected chi connectivity index (χ0v) is 15.8. The number of hydrogen-bond donors (Lipinski definition) is 1. The normalized spacial score (nSPS) is 11.5. The van der Waals surface area contributed by atoms with E-state index in [9.17, 15) is 14.7 Å². The first-order valence-electron chi connectivity index (χ1n) is 9.01. The zero-order valence-electron chi connectivity index (χ0n) is 15.8. The van der Waals surface area contributed by atoms with Gasteiger partial charge in [0.25, 0.3) is 5.56 Å². The van der Waals surface area contributed by atoms with Crippen LogP contribution in [0.25, 0.3) is 33.9 Å². The molecule has 0 aliphatic carbocycles. The largest absolute Gasteiger partial charge is 0.508 e. The van der Waals surface area contributed by atoms with Gasteiger partial charge in [-0.25, -0.2) is 4.79 Å².